The minimum absolute atomic E-state index is 0.265. The van der Waals surface area contributed by atoms with Gasteiger partial charge in [-0.2, -0.15) is 0 Å². The number of likely N-dealkylation sites (N-methyl/N-ethyl adjacent to an activating group) is 1. The molecule has 2 aromatic heterocycles. The van der Waals surface area contributed by atoms with Crippen molar-refractivity contribution in [1.82, 2.24) is 30.6 Å². The van der Waals surface area contributed by atoms with Gasteiger partial charge in [-0.1, -0.05) is 13.8 Å². The molecule has 6 N–H and O–H groups in total. The lowest BCUT2D eigenvalue weighted by atomic mass is 10.1. The second-order valence-corrected chi connectivity index (χ2v) is 4.87. The van der Waals surface area contributed by atoms with E-state index in [4.69, 9.17) is 5.73 Å². The molecule has 9 heteroatoms. The Morgan fingerprint density at radius 3 is 1.96 bits per heavy atom. The van der Waals surface area contributed by atoms with Gasteiger partial charge < -0.3 is 26.3 Å². The number of hydrogen-bond donors (Lipinski definition) is 5. The highest BCUT2D eigenvalue weighted by molar-refractivity contribution is 5.89. The van der Waals surface area contributed by atoms with Crippen molar-refractivity contribution >= 4 is 11.8 Å². The van der Waals surface area contributed by atoms with Gasteiger partial charge in [0.2, 0.25) is 11.8 Å². The number of aromatic amines is 2. The molecule has 2 rings (SSSR count). The highest BCUT2D eigenvalue weighted by Gasteiger charge is 2.24. The Morgan fingerprint density at radius 2 is 1.58 bits per heavy atom. The minimum Gasteiger partial charge on any atom is -0.368 e. The maximum absolute atomic E-state index is 12.3. The van der Waals surface area contributed by atoms with Crippen LogP contribution in [0.2, 0.25) is 0 Å². The molecule has 132 valence electrons. The molecule has 0 aliphatic rings. The average molecular weight is 335 g/mol. The predicted octanol–water partition coefficient (Wildman–Crippen LogP) is -0.498. The van der Waals surface area contributed by atoms with E-state index in [1.165, 1.54) is 6.33 Å². The number of hydrogen-bond acceptors (Lipinski definition) is 5. The number of H-pyrrole nitrogens is 2. The van der Waals surface area contributed by atoms with E-state index < -0.39 is 18.0 Å². The van der Waals surface area contributed by atoms with Crippen molar-refractivity contribution in [1.29, 1.82) is 0 Å². The standard InChI is InChI=1S/C13H19N7O2.C2H6/c1-15-11(3-9-5-17-7-19-9)13(22)20-10(12(14)21)2-8-4-16-6-18-8;1-2/h4-7,10-11,15H,2-3H2,1H3,(H2,14,21)(H,16,18)(H,17,19)(H,20,22);1-2H3/t10-,11-;/m0./s1. The SMILES string of the molecule is CC.CN[C@@H](Cc1cnc[nH]1)C(=O)N[C@@H](Cc1cnc[nH]1)C(N)=O. The van der Waals surface area contributed by atoms with Crippen molar-refractivity contribution in [3.63, 3.8) is 0 Å². The summed E-state index contributed by atoms with van der Waals surface area (Å²) in [7, 11) is 1.68. The van der Waals surface area contributed by atoms with E-state index >= 15 is 0 Å². The summed E-state index contributed by atoms with van der Waals surface area (Å²) < 4.78 is 0. The summed E-state index contributed by atoms with van der Waals surface area (Å²) >= 11 is 0. The van der Waals surface area contributed by atoms with Crippen LogP contribution in [-0.4, -0.2) is 50.9 Å². The van der Waals surface area contributed by atoms with Crippen molar-refractivity contribution < 1.29 is 9.59 Å². The number of amides is 2. The minimum atomic E-state index is -0.800. The monoisotopic (exact) mass is 335 g/mol. The van der Waals surface area contributed by atoms with E-state index in [9.17, 15) is 9.59 Å². The third-order valence-electron chi connectivity index (χ3n) is 3.28. The van der Waals surface area contributed by atoms with E-state index in [1.807, 2.05) is 13.8 Å². The molecule has 2 heterocycles. The summed E-state index contributed by atoms with van der Waals surface area (Å²) in [6.07, 6.45) is 6.98. The number of nitrogens with zero attached hydrogens (tertiary/aromatic N) is 2. The van der Waals surface area contributed by atoms with Gasteiger partial charge >= 0.3 is 0 Å². The summed E-state index contributed by atoms with van der Waals surface area (Å²) in [5.41, 5.74) is 6.89. The Balaban J connectivity index is 0.00000139. The molecule has 24 heavy (non-hydrogen) atoms. The van der Waals surface area contributed by atoms with Crippen molar-refractivity contribution in [2.24, 2.45) is 5.73 Å². The van der Waals surface area contributed by atoms with Gasteiger partial charge in [0, 0.05) is 36.6 Å². The van der Waals surface area contributed by atoms with E-state index in [1.54, 1.807) is 25.8 Å². The lowest BCUT2D eigenvalue weighted by Crippen LogP contribution is -2.52. The van der Waals surface area contributed by atoms with Gasteiger partial charge in [0.1, 0.15) is 6.04 Å². The van der Waals surface area contributed by atoms with Crippen molar-refractivity contribution in [3.05, 3.63) is 36.4 Å². The quantitative estimate of drug-likeness (QED) is 0.442. The maximum atomic E-state index is 12.3. The largest absolute Gasteiger partial charge is 0.368 e. The number of nitrogens with two attached hydrogens (primary N) is 1. The molecular formula is C15H25N7O2. The van der Waals surface area contributed by atoms with Crippen LogP contribution in [0.15, 0.2) is 25.0 Å². The van der Waals surface area contributed by atoms with E-state index in [0.29, 0.717) is 6.42 Å². The lowest BCUT2D eigenvalue weighted by Gasteiger charge is -2.20. The van der Waals surface area contributed by atoms with Gasteiger partial charge in [-0.25, -0.2) is 9.97 Å². The molecule has 9 nitrogen and oxygen atoms in total. The first kappa shape index (κ1) is 19.4. The van der Waals surface area contributed by atoms with Crippen LogP contribution >= 0.6 is 0 Å². The highest BCUT2D eigenvalue weighted by atomic mass is 16.2. The highest BCUT2D eigenvalue weighted by Crippen LogP contribution is 2.02. The molecule has 0 aromatic carbocycles. The molecule has 2 aromatic rings. The van der Waals surface area contributed by atoms with Gasteiger partial charge in [0.15, 0.2) is 0 Å². The molecule has 0 radical (unpaired) electrons. The third-order valence-corrected chi connectivity index (χ3v) is 3.28. The molecule has 2 amide bonds. The number of carbonyl (C=O) groups is 2. The molecule has 0 saturated heterocycles. The van der Waals surface area contributed by atoms with Crippen LogP contribution in [0.25, 0.3) is 0 Å². The van der Waals surface area contributed by atoms with Crippen LogP contribution in [0.3, 0.4) is 0 Å². The maximum Gasteiger partial charge on any atom is 0.240 e. The van der Waals surface area contributed by atoms with Crippen LogP contribution in [0.1, 0.15) is 25.2 Å². The first-order valence-electron chi connectivity index (χ1n) is 7.81. The predicted molar refractivity (Wildman–Crippen MR) is 89.9 cm³/mol. The summed E-state index contributed by atoms with van der Waals surface area (Å²) in [5, 5.41) is 5.57. The Hall–Kier alpha value is -2.68. The number of primary amides is 1. The van der Waals surface area contributed by atoms with Crippen LogP contribution in [0.4, 0.5) is 0 Å². The number of nitrogens with one attached hydrogen (secondary N) is 4. The van der Waals surface area contributed by atoms with Crippen LogP contribution in [0.5, 0.6) is 0 Å². The molecule has 0 fully saturated rings. The smallest absolute Gasteiger partial charge is 0.240 e. The normalized spacial score (nSPS) is 12.6. The van der Waals surface area contributed by atoms with Crippen molar-refractivity contribution in [2.45, 2.75) is 38.8 Å². The van der Waals surface area contributed by atoms with Gasteiger partial charge in [-0.05, 0) is 7.05 Å². The first-order valence-corrected chi connectivity index (χ1v) is 7.81. The van der Waals surface area contributed by atoms with Gasteiger partial charge in [0.25, 0.3) is 0 Å². The molecule has 0 spiro atoms. The fraction of sp³-hybridized carbons (Fsp3) is 0.467. The Labute approximate surface area is 140 Å². The summed E-state index contributed by atoms with van der Waals surface area (Å²) in [5.74, 6) is -0.903. The van der Waals surface area contributed by atoms with Gasteiger partial charge in [-0.3, -0.25) is 9.59 Å². The number of aromatic nitrogens is 4. The van der Waals surface area contributed by atoms with Crippen molar-refractivity contribution in [3.8, 4) is 0 Å². The Morgan fingerprint density at radius 1 is 1.08 bits per heavy atom. The Kier molecular flexibility index (Phi) is 8.20. The topological polar surface area (TPSA) is 142 Å². The first-order chi connectivity index (χ1) is 11.6. The molecule has 0 bridgehead atoms. The fourth-order valence-corrected chi connectivity index (χ4v) is 2.05. The summed E-state index contributed by atoms with van der Waals surface area (Å²) in [4.78, 5) is 37.4. The molecule has 0 aliphatic heterocycles. The van der Waals surface area contributed by atoms with Crippen molar-refractivity contribution in [2.75, 3.05) is 7.05 Å². The fourth-order valence-electron chi connectivity index (χ4n) is 2.05. The molecule has 0 saturated carbocycles. The molecule has 0 aliphatic carbocycles. The van der Waals surface area contributed by atoms with Crippen LogP contribution in [0, 0.1) is 0 Å². The molecular weight excluding hydrogens is 310 g/mol. The zero-order chi connectivity index (χ0) is 17.9. The van der Waals surface area contributed by atoms with Gasteiger partial charge in [-0.15, -0.1) is 0 Å². The lowest BCUT2D eigenvalue weighted by molar-refractivity contribution is -0.128. The Bertz CT molecular complexity index is 595. The van der Waals surface area contributed by atoms with Crippen LogP contribution in [-0.2, 0) is 22.4 Å². The average Bonchev–Trinajstić information content (AvgIpc) is 3.27. The van der Waals surface area contributed by atoms with E-state index in [0.717, 1.165) is 11.4 Å². The second-order valence-electron chi connectivity index (χ2n) is 4.87. The molecule has 0 unspecified atom stereocenters. The number of imidazole rings is 2. The number of rotatable bonds is 8. The summed E-state index contributed by atoms with van der Waals surface area (Å²) in [6, 6.07) is -1.30. The van der Waals surface area contributed by atoms with Gasteiger partial charge in [0.05, 0.1) is 18.7 Å². The number of carbonyl (C=O) groups excluding carboxylic acids is 2. The van der Waals surface area contributed by atoms with Crippen LogP contribution < -0.4 is 16.4 Å². The van der Waals surface area contributed by atoms with E-state index in [-0.39, 0.29) is 12.3 Å². The zero-order valence-corrected chi connectivity index (χ0v) is 14.2. The second kappa shape index (κ2) is 10.2. The van der Waals surface area contributed by atoms with E-state index in [2.05, 4.69) is 30.6 Å². The zero-order valence-electron chi connectivity index (χ0n) is 14.2. The summed E-state index contributed by atoms with van der Waals surface area (Å²) in [6.45, 7) is 4.00. The third kappa shape index (κ3) is 5.84. The molecule has 2 atom stereocenters.